The van der Waals surface area contributed by atoms with Gasteiger partial charge in [-0.05, 0) is 0 Å². The molecule has 0 amide bonds. The Bertz CT molecular complexity index is 414. The van der Waals surface area contributed by atoms with E-state index in [0.29, 0.717) is 0 Å². The van der Waals surface area contributed by atoms with Crippen LogP contribution in [0.15, 0.2) is 0 Å². The quantitative estimate of drug-likeness (QED) is 0.268. The summed E-state index contributed by atoms with van der Waals surface area (Å²) in [7, 11) is -22.6. The minimum atomic E-state index is -5.77. The van der Waals surface area contributed by atoms with Crippen LogP contribution in [-0.2, 0) is 31.2 Å². The molecule has 0 rings (SSSR count). The summed E-state index contributed by atoms with van der Waals surface area (Å²) in [5.74, 6) is 0. The lowest BCUT2D eigenvalue weighted by molar-refractivity contribution is 0.194. The Balaban J connectivity index is -0.000000427. The summed E-state index contributed by atoms with van der Waals surface area (Å²) in [5.41, 5.74) is 0. The van der Waals surface area contributed by atoms with Gasteiger partial charge in [-0.15, -0.1) is 0 Å². The van der Waals surface area contributed by atoms with Crippen LogP contribution in [0.2, 0.25) is 0 Å². The fourth-order valence-electron chi connectivity index (χ4n) is 0.429. The summed E-state index contributed by atoms with van der Waals surface area (Å²) in [5, 5.41) is 0. The molecule has 0 aliphatic heterocycles. The smallest absolute Gasteiger partial charge is 0.344 e. The van der Waals surface area contributed by atoms with Gasteiger partial charge in [0.25, 0.3) is 0 Å². The zero-order valence-corrected chi connectivity index (χ0v) is 13.0. The second kappa shape index (κ2) is 8.78. The van der Waals surface area contributed by atoms with E-state index in [1.165, 1.54) is 0 Å². The van der Waals surface area contributed by atoms with Gasteiger partial charge in [-0.1, -0.05) is 0 Å². The first-order chi connectivity index (χ1) is 7.12. The van der Waals surface area contributed by atoms with Crippen LogP contribution < -0.4 is 18.5 Å². The van der Waals surface area contributed by atoms with E-state index >= 15 is 0 Å². The minimum absolute atomic E-state index is 0. The SMILES string of the molecule is N.N.N.O=P(O)(O)OP(=O)(O)OP(=O)(O)OP(=O)(O)O. The molecular formula is H15N3O13P4. The highest BCUT2D eigenvalue weighted by molar-refractivity contribution is 7.69. The molecule has 2 unspecified atom stereocenters. The molecule has 0 heterocycles. The van der Waals surface area contributed by atoms with Gasteiger partial charge < -0.3 is 47.8 Å². The lowest BCUT2D eigenvalue weighted by Gasteiger charge is -2.15. The van der Waals surface area contributed by atoms with Gasteiger partial charge in [0.2, 0.25) is 0 Å². The van der Waals surface area contributed by atoms with E-state index in [-0.39, 0.29) is 18.5 Å². The normalized spacial score (nSPS) is 17.5. The predicted octanol–water partition coefficient (Wildman–Crippen LogP) is -0.0916. The van der Waals surface area contributed by atoms with Crippen LogP contribution in [0.4, 0.5) is 0 Å². The zero-order chi connectivity index (χ0) is 14.1. The fourth-order valence-corrected chi connectivity index (χ4v) is 4.40. The molecule has 0 bridgehead atoms. The summed E-state index contributed by atoms with van der Waals surface area (Å²) < 4.78 is 50.9. The molecule has 0 aliphatic carbocycles. The van der Waals surface area contributed by atoms with Crippen LogP contribution in [-0.4, -0.2) is 29.4 Å². The van der Waals surface area contributed by atoms with Gasteiger partial charge in [0.1, 0.15) is 0 Å². The van der Waals surface area contributed by atoms with Crippen molar-refractivity contribution in [2.24, 2.45) is 0 Å². The van der Waals surface area contributed by atoms with Crippen LogP contribution >= 0.6 is 31.3 Å². The first-order valence-electron chi connectivity index (χ1n) is 3.03. The van der Waals surface area contributed by atoms with Crippen LogP contribution in [0.1, 0.15) is 0 Å². The molecular weight excluding hydrogens is 374 g/mol. The highest BCUT2D eigenvalue weighted by Crippen LogP contribution is 2.69. The van der Waals surface area contributed by atoms with Gasteiger partial charge in [0.15, 0.2) is 0 Å². The lowest BCUT2D eigenvalue weighted by Crippen LogP contribution is -1.95. The van der Waals surface area contributed by atoms with E-state index in [2.05, 4.69) is 12.9 Å². The average Bonchev–Trinajstić information content (AvgIpc) is 1.65. The molecule has 0 saturated carbocycles. The highest BCUT2D eigenvalue weighted by atomic mass is 31.3. The fraction of sp³-hybridized carbons (Fsp3) is 0. The Morgan fingerprint density at radius 3 is 0.850 bits per heavy atom. The van der Waals surface area contributed by atoms with E-state index in [4.69, 9.17) is 29.4 Å². The molecule has 0 aliphatic rings. The summed E-state index contributed by atoms with van der Waals surface area (Å²) in [6, 6.07) is 0. The Morgan fingerprint density at radius 2 is 0.700 bits per heavy atom. The van der Waals surface area contributed by atoms with Gasteiger partial charge in [-0.25, -0.2) is 18.3 Å². The Morgan fingerprint density at radius 1 is 0.500 bits per heavy atom. The van der Waals surface area contributed by atoms with Gasteiger partial charge in [0, 0.05) is 0 Å². The third-order valence-corrected chi connectivity index (χ3v) is 5.63. The maximum Gasteiger partial charge on any atom is 0.490 e. The van der Waals surface area contributed by atoms with E-state index in [9.17, 15) is 18.3 Å². The van der Waals surface area contributed by atoms with Crippen molar-refractivity contribution in [1.82, 2.24) is 18.5 Å². The molecule has 16 nitrogen and oxygen atoms in total. The Hall–Kier alpha value is 0.440. The van der Waals surface area contributed by atoms with Crippen LogP contribution in [0.5, 0.6) is 0 Å². The first kappa shape index (κ1) is 28.6. The maximum atomic E-state index is 10.7. The molecule has 20 heteroatoms. The minimum Gasteiger partial charge on any atom is -0.344 e. The second-order valence-electron chi connectivity index (χ2n) is 2.16. The highest BCUT2D eigenvalue weighted by Gasteiger charge is 2.43. The van der Waals surface area contributed by atoms with Crippen molar-refractivity contribution < 1.29 is 60.6 Å². The Labute approximate surface area is 111 Å². The van der Waals surface area contributed by atoms with Crippen molar-refractivity contribution in [2.75, 3.05) is 0 Å². The summed E-state index contributed by atoms with van der Waals surface area (Å²) in [6.45, 7) is 0. The van der Waals surface area contributed by atoms with Crippen molar-refractivity contribution in [3.8, 4) is 0 Å². The van der Waals surface area contributed by atoms with Crippen molar-refractivity contribution in [3.63, 3.8) is 0 Å². The third kappa shape index (κ3) is 16.5. The first-order valence-corrected chi connectivity index (χ1v) is 9.08. The van der Waals surface area contributed by atoms with Crippen molar-refractivity contribution >= 4 is 31.3 Å². The second-order valence-corrected chi connectivity index (χ2v) is 7.96. The van der Waals surface area contributed by atoms with Gasteiger partial charge in [-0.2, -0.15) is 12.9 Å². The number of rotatable bonds is 6. The monoisotopic (exact) mass is 389 g/mol. The molecule has 0 aromatic rings. The molecule has 0 aromatic heterocycles. The van der Waals surface area contributed by atoms with E-state index in [0.717, 1.165) is 0 Å². The van der Waals surface area contributed by atoms with E-state index in [1.54, 1.807) is 0 Å². The van der Waals surface area contributed by atoms with Crippen LogP contribution in [0.3, 0.4) is 0 Å². The van der Waals surface area contributed by atoms with Crippen molar-refractivity contribution in [3.05, 3.63) is 0 Å². The Kier molecular flexibility index (Phi) is 12.5. The average molecular weight is 389 g/mol. The number of hydrogen-bond donors (Lipinski definition) is 9. The topological polar surface area (TPSA) is 322 Å². The lowest BCUT2D eigenvalue weighted by atomic mass is 14.0. The molecule has 0 fully saturated rings. The van der Waals surface area contributed by atoms with Crippen molar-refractivity contribution in [1.29, 1.82) is 0 Å². The van der Waals surface area contributed by atoms with Crippen LogP contribution in [0.25, 0.3) is 0 Å². The number of phosphoric acid groups is 4. The van der Waals surface area contributed by atoms with E-state index in [1.807, 2.05) is 0 Å². The molecule has 15 N–H and O–H groups in total. The largest absolute Gasteiger partial charge is 0.490 e. The molecule has 0 saturated heterocycles. The molecule has 20 heavy (non-hydrogen) atoms. The van der Waals surface area contributed by atoms with Gasteiger partial charge >= 0.3 is 31.3 Å². The summed E-state index contributed by atoms with van der Waals surface area (Å²) in [4.78, 5) is 49.4. The van der Waals surface area contributed by atoms with Crippen molar-refractivity contribution in [2.45, 2.75) is 0 Å². The molecule has 2 atom stereocenters. The van der Waals surface area contributed by atoms with Gasteiger partial charge in [-0.3, -0.25) is 0 Å². The molecule has 0 spiro atoms. The summed E-state index contributed by atoms with van der Waals surface area (Å²) >= 11 is 0. The van der Waals surface area contributed by atoms with Crippen LogP contribution in [0, 0.1) is 0 Å². The molecule has 128 valence electrons. The number of hydrogen-bond acceptors (Lipinski definition) is 10. The third-order valence-electron chi connectivity index (χ3n) is 0.625. The standard InChI is InChI=1S/3H3N.H6O13P4/c;;;1-14(2,3)11-16(7,8)13-17(9,10)12-15(4,5)6/h3*1H3;(H,7,8)(H,9,10)(H2,1,2,3)(H2,4,5,6). The van der Waals surface area contributed by atoms with E-state index < -0.39 is 31.3 Å². The maximum absolute atomic E-state index is 10.7. The summed E-state index contributed by atoms with van der Waals surface area (Å²) in [6.07, 6.45) is 0. The predicted molar refractivity (Wildman–Crippen MR) is 62.1 cm³/mol. The van der Waals surface area contributed by atoms with Gasteiger partial charge in [0.05, 0.1) is 0 Å². The molecule has 0 aromatic carbocycles. The molecule has 0 radical (unpaired) electrons. The zero-order valence-electron chi connectivity index (χ0n) is 9.45.